The summed E-state index contributed by atoms with van der Waals surface area (Å²) >= 11 is 0. The van der Waals surface area contributed by atoms with Crippen molar-refractivity contribution < 1.29 is 51.6 Å². The second-order valence-corrected chi connectivity index (χ2v) is 0.986. The molecular formula is C13H45F2N3O2Y. The average molecular weight is 402 g/mol. The van der Waals surface area contributed by atoms with E-state index in [1.807, 2.05) is 41.5 Å². The molecule has 0 aliphatic rings. The molecule has 8 heteroatoms. The van der Waals surface area contributed by atoms with Gasteiger partial charge in [-0.3, -0.25) is 9.41 Å². The van der Waals surface area contributed by atoms with Crippen LogP contribution >= 0.6 is 0 Å². The van der Waals surface area contributed by atoms with E-state index in [1.54, 1.807) is 14.2 Å². The van der Waals surface area contributed by atoms with Crippen LogP contribution in [0, 0.1) is 0 Å². The second kappa shape index (κ2) is 357. The number of nitrogens with two attached hydrogens (primary N) is 3. The number of methoxy groups -OCH3 is 2. The zero-order valence-corrected chi connectivity index (χ0v) is 19.2. The fraction of sp³-hybridized carbons (Fsp3) is 1.00. The Morgan fingerprint density at radius 2 is 0.619 bits per heavy atom. The molecule has 0 aliphatic heterocycles. The molecule has 0 bridgehead atoms. The molecule has 0 saturated carbocycles. The van der Waals surface area contributed by atoms with Crippen LogP contribution in [-0.4, -0.2) is 48.6 Å². The molecule has 0 heterocycles. The number of rotatable bonds is 3. The summed E-state index contributed by atoms with van der Waals surface area (Å²) in [6.07, 6.45) is 0. The summed E-state index contributed by atoms with van der Waals surface area (Å²) in [5.41, 5.74) is 13.5. The predicted octanol–water partition coefficient (Wildman–Crippen LogP) is 2.39. The van der Waals surface area contributed by atoms with Crippen LogP contribution in [0.5, 0.6) is 0 Å². The van der Waals surface area contributed by atoms with E-state index in [0.717, 1.165) is 0 Å². The van der Waals surface area contributed by atoms with Crippen molar-refractivity contribution in [1.82, 2.24) is 0 Å². The Hall–Kier alpha value is 0.764. The third kappa shape index (κ3) is 516. The van der Waals surface area contributed by atoms with E-state index < -0.39 is 0 Å². The average Bonchev–Trinajstić information content (AvgIpc) is 2.57. The van der Waals surface area contributed by atoms with Crippen LogP contribution in [-0.2, 0) is 42.2 Å². The van der Waals surface area contributed by atoms with E-state index in [2.05, 4.69) is 26.7 Å². The van der Waals surface area contributed by atoms with Crippen molar-refractivity contribution in [1.29, 1.82) is 0 Å². The maximum Gasteiger partial charge on any atom is 0.0696 e. The Labute approximate surface area is 158 Å². The van der Waals surface area contributed by atoms with Gasteiger partial charge < -0.3 is 26.7 Å². The third-order valence-corrected chi connectivity index (χ3v) is 0.492. The molecule has 1 radical (unpaired) electrons. The maximum absolute atomic E-state index is 4.66. The zero-order valence-electron chi connectivity index (χ0n) is 16.4. The normalized spacial score (nSPS) is 4.29. The Balaban J connectivity index is -0.00000000893. The van der Waals surface area contributed by atoms with Crippen molar-refractivity contribution in [2.45, 2.75) is 41.5 Å². The minimum Gasteiger partial charge on any atom is -0.382 e. The fourth-order valence-electron chi connectivity index (χ4n) is 0.167. The Kier molecular flexibility index (Phi) is 1150. The van der Waals surface area contributed by atoms with Crippen molar-refractivity contribution >= 4 is 0 Å². The van der Waals surface area contributed by atoms with Gasteiger partial charge in [-0.15, -0.1) is 0 Å². The summed E-state index contributed by atoms with van der Waals surface area (Å²) in [7, 11) is 7.80. The number of hydrogen-bond donors (Lipinski definition) is 3. The molecule has 0 atom stereocenters. The fourth-order valence-corrected chi connectivity index (χ4v) is 0.167. The van der Waals surface area contributed by atoms with Gasteiger partial charge in [0.15, 0.2) is 0 Å². The number of halogens is 2. The van der Waals surface area contributed by atoms with Crippen molar-refractivity contribution in [3.63, 3.8) is 0 Å². The van der Waals surface area contributed by atoms with Gasteiger partial charge in [-0.1, -0.05) is 41.5 Å². The van der Waals surface area contributed by atoms with Crippen LogP contribution in [0.15, 0.2) is 0 Å². The van der Waals surface area contributed by atoms with Gasteiger partial charge in [-0.2, -0.15) is 0 Å². The quantitative estimate of drug-likeness (QED) is 0.630. The first-order valence-corrected chi connectivity index (χ1v) is 6.63. The molecule has 21 heavy (non-hydrogen) atoms. The van der Waals surface area contributed by atoms with Crippen LogP contribution in [0.1, 0.15) is 41.5 Å². The number of ether oxygens (including phenoxy) is 2. The first-order chi connectivity index (χ1) is 8.91. The monoisotopic (exact) mass is 402 g/mol. The van der Waals surface area contributed by atoms with E-state index in [4.69, 9.17) is 0 Å². The molecule has 5 nitrogen and oxygen atoms in total. The molecule has 0 aromatic heterocycles. The molecule has 0 unspecified atom stereocenters. The maximum atomic E-state index is 4.66. The first kappa shape index (κ1) is 67.8. The first-order valence-electron chi connectivity index (χ1n) is 6.63. The van der Waals surface area contributed by atoms with Gasteiger partial charge in [0.05, 0.1) is 13.2 Å². The standard InChI is InChI=1S/C4H10O2.3C2H6.3CH5N.2FH.Y/c1-5-3-4-6-2;6*1-2;;;/h3-4H2,1-2H3;3*1-2H3;3*2H2,1H3;2*1H;. The molecular weight excluding hydrogens is 357 g/mol. The SMILES string of the molecule is CC.CC.CC.CN.CN.CN.COCCOC.F.F.[Y]. The molecule has 0 aromatic carbocycles. The van der Waals surface area contributed by atoms with Gasteiger partial charge in [0.2, 0.25) is 0 Å². The Morgan fingerprint density at radius 1 is 0.524 bits per heavy atom. The van der Waals surface area contributed by atoms with E-state index in [9.17, 15) is 0 Å². The van der Waals surface area contributed by atoms with Gasteiger partial charge >= 0.3 is 0 Å². The predicted molar refractivity (Wildman–Crippen MR) is 93.1 cm³/mol. The Morgan fingerprint density at radius 3 is 0.667 bits per heavy atom. The van der Waals surface area contributed by atoms with Gasteiger partial charge in [-0.25, -0.2) is 0 Å². The summed E-state index contributed by atoms with van der Waals surface area (Å²) in [6, 6.07) is 0. The zero-order chi connectivity index (χ0) is 16.8. The topological polar surface area (TPSA) is 96.5 Å². The van der Waals surface area contributed by atoms with Gasteiger partial charge in [-0.05, 0) is 21.1 Å². The van der Waals surface area contributed by atoms with Gasteiger partial charge in [0.25, 0.3) is 0 Å². The summed E-state index contributed by atoms with van der Waals surface area (Å²) in [5.74, 6) is 0. The second-order valence-electron chi connectivity index (χ2n) is 0.986. The van der Waals surface area contributed by atoms with Crippen LogP contribution in [0.4, 0.5) is 9.41 Å². The molecule has 0 spiro atoms. The Bertz CT molecular complexity index is 47.4. The summed E-state index contributed by atoms with van der Waals surface area (Å²) in [6.45, 7) is 13.4. The molecule has 6 N–H and O–H groups in total. The minimum atomic E-state index is 0. The smallest absolute Gasteiger partial charge is 0.0696 e. The van der Waals surface area contributed by atoms with Gasteiger partial charge in [0, 0.05) is 46.9 Å². The van der Waals surface area contributed by atoms with Crippen molar-refractivity contribution in [2.24, 2.45) is 17.2 Å². The van der Waals surface area contributed by atoms with Crippen LogP contribution in [0.2, 0.25) is 0 Å². The molecule has 0 aromatic rings. The molecule has 0 aliphatic carbocycles. The molecule has 0 amide bonds. The van der Waals surface area contributed by atoms with Crippen molar-refractivity contribution in [3.8, 4) is 0 Å². The largest absolute Gasteiger partial charge is 0.382 e. The van der Waals surface area contributed by atoms with E-state index >= 15 is 0 Å². The summed E-state index contributed by atoms with van der Waals surface area (Å²) in [4.78, 5) is 0. The molecule has 0 rings (SSSR count). The molecule has 0 saturated heterocycles. The van der Waals surface area contributed by atoms with Crippen LogP contribution < -0.4 is 17.2 Å². The van der Waals surface area contributed by atoms with Crippen LogP contribution in [0.3, 0.4) is 0 Å². The summed E-state index contributed by atoms with van der Waals surface area (Å²) in [5, 5.41) is 0. The van der Waals surface area contributed by atoms with E-state index in [1.165, 1.54) is 21.1 Å². The summed E-state index contributed by atoms with van der Waals surface area (Å²) < 4.78 is 9.31. The minimum absolute atomic E-state index is 0. The van der Waals surface area contributed by atoms with E-state index in [-0.39, 0.29) is 42.1 Å². The van der Waals surface area contributed by atoms with Crippen LogP contribution in [0.25, 0.3) is 0 Å². The number of hydrogen-bond acceptors (Lipinski definition) is 5. The van der Waals surface area contributed by atoms with Crippen molar-refractivity contribution in [3.05, 3.63) is 0 Å². The van der Waals surface area contributed by atoms with Gasteiger partial charge in [0.1, 0.15) is 0 Å². The third-order valence-electron chi connectivity index (χ3n) is 0.492. The molecule has 141 valence electrons. The van der Waals surface area contributed by atoms with E-state index in [0.29, 0.717) is 13.2 Å². The molecule has 0 fully saturated rings. The van der Waals surface area contributed by atoms with Crippen molar-refractivity contribution in [2.75, 3.05) is 48.6 Å².